The van der Waals surface area contributed by atoms with Crippen LogP contribution in [-0.2, 0) is 6.42 Å². The summed E-state index contributed by atoms with van der Waals surface area (Å²) < 4.78 is 0. The van der Waals surface area contributed by atoms with E-state index in [9.17, 15) is 10.1 Å². The third-order valence-corrected chi connectivity index (χ3v) is 1.96. The molecule has 0 aliphatic rings. The molecule has 0 spiro atoms. The van der Waals surface area contributed by atoms with E-state index in [1.54, 1.807) is 12.1 Å². The van der Waals surface area contributed by atoms with E-state index in [2.05, 4.69) is 6.92 Å². The average Bonchev–Trinajstić information content (AvgIpc) is 2.04. The van der Waals surface area contributed by atoms with Crippen molar-refractivity contribution in [3.05, 3.63) is 45.8 Å². The quantitative estimate of drug-likeness (QED) is 0.524. The molecule has 1 aromatic carbocycles. The molecule has 0 aliphatic carbocycles. The molecule has 0 heterocycles. The summed E-state index contributed by atoms with van der Waals surface area (Å²) in [6.07, 6.45) is 0.459. The fraction of sp³-hybridized carbons (Fsp3) is 0.125. The Morgan fingerprint density at radius 1 is 1.58 bits per heavy atom. The number of nitrogens with zero attached hydrogens (tertiary/aromatic N) is 1. The molecule has 12 heavy (non-hydrogen) atoms. The Balaban J connectivity index is 3.23. The van der Waals surface area contributed by atoms with Gasteiger partial charge in [0.05, 0.1) is 4.92 Å². The highest BCUT2D eigenvalue weighted by Gasteiger charge is 2.13. The number of hydrogen-bond donors (Lipinski definition) is 0. The SMILES string of the molecule is [CH2]Cc1cccc([N+](=O)[O-])c1Cl. The highest BCUT2D eigenvalue weighted by atomic mass is 35.5. The zero-order valence-corrected chi connectivity index (χ0v) is 7.04. The van der Waals surface area contributed by atoms with Crippen molar-refractivity contribution in [1.29, 1.82) is 0 Å². The van der Waals surface area contributed by atoms with Gasteiger partial charge in [-0.15, -0.1) is 0 Å². The molecule has 0 unspecified atom stereocenters. The first-order valence-corrected chi connectivity index (χ1v) is 3.75. The van der Waals surface area contributed by atoms with E-state index in [1.807, 2.05) is 0 Å². The van der Waals surface area contributed by atoms with Crippen LogP contribution in [0.3, 0.4) is 0 Å². The first-order valence-electron chi connectivity index (χ1n) is 3.38. The van der Waals surface area contributed by atoms with Gasteiger partial charge in [-0.05, 0) is 18.9 Å². The molecule has 0 bridgehead atoms. The summed E-state index contributed by atoms with van der Waals surface area (Å²) in [5, 5.41) is 10.6. The number of hydrogen-bond acceptors (Lipinski definition) is 2. The number of halogens is 1. The molecule has 0 saturated carbocycles. The molecule has 0 amide bonds. The number of nitro benzene ring substituents is 1. The maximum Gasteiger partial charge on any atom is 0.288 e. The van der Waals surface area contributed by atoms with E-state index in [1.165, 1.54) is 6.07 Å². The maximum atomic E-state index is 10.4. The van der Waals surface area contributed by atoms with Crippen molar-refractivity contribution in [3.63, 3.8) is 0 Å². The van der Waals surface area contributed by atoms with Crippen molar-refractivity contribution in [3.8, 4) is 0 Å². The van der Waals surface area contributed by atoms with Gasteiger partial charge >= 0.3 is 0 Å². The van der Waals surface area contributed by atoms with E-state index >= 15 is 0 Å². The summed E-state index contributed by atoms with van der Waals surface area (Å²) >= 11 is 5.72. The van der Waals surface area contributed by atoms with Crippen LogP contribution in [0, 0.1) is 17.0 Å². The van der Waals surface area contributed by atoms with E-state index in [0.717, 1.165) is 0 Å². The zero-order valence-electron chi connectivity index (χ0n) is 6.29. The second-order valence-electron chi connectivity index (χ2n) is 2.26. The van der Waals surface area contributed by atoms with Crippen LogP contribution in [0.1, 0.15) is 5.56 Å². The molecular weight excluding hydrogens is 178 g/mol. The summed E-state index contributed by atoms with van der Waals surface area (Å²) in [5.41, 5.74) is 0.642. The minimum atomic E-state index is -0.499. The van der Waals surface area contributed by atoms with Gasteiger partial charge in [0.2, 0.25) is 0 Å². The molecule has 0 N–H and O–H groups in total. The van der Waals surface area contributed by atoms with Gasteiger partial charge in [-0.3, -0.25) is 10.1 Å². The highest BCUT2D eigenvalue weighted by molar-refractivity contribution is 6.33. The average molecular weight is 185 g/mol. The van der Waals surface area contributed by atoms with Gasteiger partial charge in [0.15, 0.2) is 0 Å². The van der Waals surface area contributed by atoms with Crippen LogP contribution >= 0.6 is 11.6 Å². The van der Waals surface area contributed by atoms with Crippen molar-refractivity contribution in [2.45, 2.75) is 6.42 Å². The molecule has 4 heteroatoms. The summed E-state index contributed by atoms with van der Waals surface area (Å²) in [6, 6.07) is 4.70. The lowest BCUT2D eigenvalue weighted by Gasteiger charge is -1.99. The molecule has 3 nitrogen and oxygen atoms in total. The molecule has 1 rings (SSSR count). The van der Waals surface area contributed by atoms with Gasteiger partial charge in [-0.25, -0.2) is 0 Å². The van der Waals surface area contributed by atoms with E-state index in [0.29, 0.717) is 12.0 Å². The van der Waals surface area contributed by atoms with Gasteiger partial charge in [-0.2, -0.15) is 0 Å². The predicted molar refractivity (Wildman–Crippen MR) is 47.2 cm³/mol. The van der Waals surface area contributed by atoms with Gasteiger partial charge in [0.25, 0.3) is 5.69 Å². The van der Waals surface area contributed by atoms with Crippen molar-refractivity contribution in [2.24, 2.45) is 0 Å². The fourth-order valence-electron chi connectivity index (χ4n) is 0.900. The van der Waals surface area contributed by atoms with Crippen molar-refractivity contribution >= 4 is 17.3 Å². The molecule has 0 atom stereocenters. The lowest BCUT2D eigenvalue weighted by Crippen LogP contribution is -1.91. The first kappa shape index (κ1) is 9.00. The van der Waals surface area contributed by atoms with Gasteiger partial charge < -0.3 is 0 Å². The smallest absolute Gasteiger partial charge is 0.258 e. The highest BCUT2D eigenvalue weighted by Crippen LogP contribution is 2.27. The van der Waals surface area contributed by atoms with Crippen LogP contribution in [0.15, 0.2) is 18.2 Å². The van der Waals surface area contributed by atoms with Crippen molar-refractivity contribution < 1.29 is 4.92 Å². The van der Waals surface area contributed by atoms with Crippen LogP contribution in [0.4, 0.5) is 5.69 Å². The zero-order chi connectivity index (χ0) is 9.14. The maximum absolute atomic E-state index is 10.4. The molecule has 1 radical (unpaired) electrons. The topological polar surface area (TPSA) is 43.1 Å². The van der Waals surface area contributed by atoms with Crippen LogP contribution in [0.2, 0.25) is 5.02 Å². The Labute approximate surface area is 75.1 Å². The van der Waals surface area contributed by atoms with E-state index in [4.69, 9.17) is 11.6 Å². The Hall–Kier alpha value is -1.09. The number of rotatable bonds is 2. The standard InChI is InChI=1S/C8H7ClNO2/c1-2-6-4-3-5-7(8(6)9)10(11)12/h3-5H,1-2H2. The summed E-state index contributed by atoms with van der Waals surface area (Å²) in [7, 11) is 0. The molecule has 0 saturated heterocycles. The minimum absolute atomic E-state index is 0.0576. The molecular formula is C8H7ClNO2. The second kappa shape index (κ2) is 3.54. The first-order chi connectivity index (χ1) is 5.66. The molecule has 63 valence electrons. The Morgan fingerprint density at radius 3 is 2.75 bits per heavy atom. The van der Waals surface area contributed by atoms with Crippen LogP contribution in [0.5, 0.6) is 0 Å². The third-order valence-electron chi connectivity index (χ3n) is 1.52. The largest absolute Gasteiger partial charge is 0.288 e. The molecule has 0 aromatic heterocycles. The van der Waals surface area contributed by atoms with Gasteiger partial charge in [0.1, 0.15) is 5.02 Å². The molecule has 0 fully saturated rings. The molecule has 1 aromatic rings. The van der Waals surface area contributed by atoms with Crippen molar-refractivity contribution in [2.75, 3.05) is 0 Å². The fourth-order valence-corrected chi connectivity index (χ4v) is 1.19. The van der Waals surface area contributed by atoms with Crippen LogP contribution in [-0.4, -0.2) is 4.92 Å². The second-order valence-corrected chi connectivity index (χ2v) is 2.64. The van der Waals surface area contributed by atoms with E-state index in [-0.39, 0.29) is 10.7 Å². The summed E-state index contributed by atoms with van der Waals surface area (Å²) in [5.74, 6) is 0. The summed E-state index contributed by atoms with van der Waals surface area (Å²) in [6.45, 7) is 3.61. The van der Waals surface area contributed by atoms with E-state index < -0.39 is 4.92 Å². The minimum Gasteiger partial charge on any atom is -0.258 e. The van der Waals surface area contributed by atoms with Gasteiger partial charge in [-0.1, -0.05) is 23.7 Å². The normalized spacial score (nSPS) is 9.83. The Bertz CT molecular complexity index is 312. The Kier molecular flexibility index (Phi) is 2.65. The Morgan fingerprint density at radius 2 is 2.25 bits per heavy atom. The van der Waals surface area contributed by atoms with Crippen LogP contribution in [0.25, 0.3) is 0 Å². The van der Waals surface area contributed by atoms with Crippen molar-refractivity contribution in [1.82, 2.24) is 0 Å². The monoisotopic (exact) mass is 184 g/mol. The number of nitro groups is 1. The predicted octanol–water partition coefficient (Wildman–Crippen LogP) is 2.62. The summed E-state index contributed by atoms with van der Waals surface area (Å²) in [4.78, 5) is 9.89. The third kappa shape index (κ3) is 1.56. The van der Waals surface area contributed by atoms with Crippen LogP contribution < -0.4 is 0 Å². The number of benzene rings is 1. The van der Waals surface area contributed by atoms with Gasteiger partial charge in [0, 0.05) is 6.07 Å². The lowest BCUT2D eigenvalue weighted by atomic mass is 10.1. The lowest BCUT2D eigenvalue weighted by molar-refractivity contribution is -0.384. The molecule has 0 aliphatic heterocycles.